The first-order valence-corrected chi connectivity index (χ1v) is 22.5. The van der Waals surface area contributed by atoms with E-state index in [0.29, 0.717) is 0 Å². The minimum absolute atomic E-state index is 0.0523. The molecule has 4 heterocycles. The molecule has 396 valence electrons. The summed E-state index contributed by atoms with van der Waals surface area (Å²) >= 11 is 0. The van der Waals surface area contributed by atoms with Gasteiger partial charge in [0, 0.05) is 47.2 Å². The maximum atomic E-state index is 9.75. The second kappa shape index (κ2) is 23.1. The highest BCUT2D eigenvalue weighted by Crippen LogP contribution is 2.41. The van der Waals surface area contributed by atoms with Crippen LogP contribution in [-0.4, -0.2) is 33.6 Å². The fourth-order valence-electron chi connectivity index (χ4n) is 8.07. The number of aryl methyl sites for hydroxylation is 4. The summed E-state index contributed by atoms with van der Waals surface area (Å²) in [6, 6.07) is 45.5. The molecule has 75 heavy (non-hydrogen) atoms. The summed E-state index contributed by atoms with van der Waals surface area (Å²) in [4.78, 5) is 0. The van der Waals surface area contributed by atoms with Crippen molar-refractivity contribution in [2.45, 2.75) is 26.2 Å². The second-order valence-electron chi connectivity index (χ2n) is 18.0. The van der Waals surface area contributed by atoms with Crippen LogP contribution in [0.1, 0.15) is 26.3 Å². The summed E-state index contributed by atoms with van der Waals surface area (Å²) in [6.07, 6.45) is 12.7. The number of hydrogen-bond donors (Lipinski definition) is 0. The van der Waals surface area contributed by atoms with Crippen molar-refractivity contribution in [3.63, 3.8) is 0 Å². The van der Waals surface area contributed by atoms with Gasteiger partial charge in [-0.1, -0.05) is 57.2 Å². The third kappa shape index (κ3) is 17.4. The molecule has 0 radical (unpaired) electrons. The van der Waals surface area contributed by atoms with E-state index in [-0.39, 0.29) is 5.41 Å². The standard InChI is InChI=1S/C50H47N5.4BF4/c1-50(2,3)41-14-16-42(17-15-41)55-48-44-19-13-40(37-24-30-53(6)31-25-37)33-46(44)45-32-39(36-22-28-52(5)29-23-36)12-18-43(45)47(48)54(7)49(55)38-10-8-34(9-11-38)35-20-26-51(4)27-21-35;4*2-1(3,4)5/h8-33H,1-7H3;;;;/q+4;4*-1. The molecule has 5 aromatic carbocycles. The van der Waals surface area contributed by atoms with Gasteiger partial charge in [0.2, 0.25) is 0 Å². The Bertz CT molecular complexity index is 3280. The Morgan fingerprint density at radius 3 is 1.00 bits per heavy atom. The summed E-state index contributed by atoms with van der Waals surface area (Å²) in [6.45, 7) is 6.83. The van der Waals surface area contributed by atoms with Gasteiger partial charge in [-0.25, -0.2) is 18.3 Å². The Balaban J connectivity index is 0.000000445. The van der Waals surface area contributed by atoms with E-state index in [2.05, 4.69) is 230 Å². The summed E-state index contributed by atoms with van der Waals surface area (Å²) in [5, 5.41) is 4.93. The highest BCUT2D eigenvalue weighted by molar-refractivity contribution is 6.51. The van der Waals surface area contributed by atoms with Gasteiger partial charge in [-0.15, -0.1) is 0 Å². The molecular weight excluding hydrogens is 1020 g/mol. The molecule has 0 aliphatic rings. The first kappa shape index (κ1) is 58.6. The molecule has 9 rings (SSSR count). The molecule has 0 fully saturated rings. The van der Waals surface area contributed by atoms with Crippen LogP contribution >= 0.6 is 0 Å². The van der Waals surface area contributed by atoms with Gasteiger partial charge < -0.3 is 69.1 Å². The predicted molar refractivity (Wildman–Crippen MR) is 264 cm³/mol. The van der Waals surface area contributed by atoms with E-state index in [0.717, 1.165) is 17.1 Å². The summed E-state index contributed by atoms with van der Waals surface area (Å²) < 4.78 is 167. The van der Waals surface area contributed by atoms with Crippen LogP contribution < -0.4 is 18.3 Å². The molecule has 0 aliphatic carbocycles. The fraction of sp³-hybridized carbons (Fsp3) is 0.160. The Hall–Kier alpha value is -7.32. The SMILES string of the molecule is C[n+]1ccc(-c2ccc(-c3n(-c4ccc(C(C)(C)C)cc4)c4c5ccc(-c6cc[n+](C)cc6)cc5c5cc(-c6cc[n+](C)cc6)ccc5c4[n+]3C)cc2)cc1.F[B-](F)(F)F.F[B-](F)(F)F.F[B-](F)(F)F.F[B-](F)(F)F. The summed E-state index contributed by atoms with van der Waals surface area (Å²) in [5.74, 6) is 1.14. The third-order valence-corrected chi connectivity index (χ3v) is 11.2. The van der Waals surface area contributed by atoms with Gasteiger partial charge in [0.25, 0.3) is 5.82 Å². The highest BCUT2D eigenvalue weighted by Gasteiger charge is 2.31. The molecule has 0 saturated carbocycles. The number of benzene rings is 5. The molecule has 0 atom stereocenters. The van der Waals surface area contributed by atoms with Crippen LogP contribution in [0.15, 0.2) is 159 Å². The first-order valence-electron chi connectivity index (χ1n) is 22.5. The van der Waals surface area contributed by atoms with E-state index in [1.807, 2.05) is 0 Å². The topological polar surface area (TPSA) is 20.4 Å². The lowest BCUT2D eigenvalue weighted by atomic mass is 9.87. The van der Waals surface area contributed by atoms with Gasteiger partial charge in [0.15, 0.2) is 48.2 Å². The summed E-state index contributed by atoms with van der Waals surface area (Å²) in [7, 11) is -15.6. The number of nitrogens with zero attached hydrogens (tertiary/aromatic N) is 5. The molecule has 0 unspecified atom stereocenters. The van der Waals surface area contributed by atoms with Gasteiger partial charge in [-0.2, -0.15) is 4.57 Å². The van der Waals surface area contributed by atoms with E-state index in [1.54, 1.807) is 0 Å². The van der Waals surface area contributed by atoms with Crippen molar-refractivity contribution in [3.8, 4) is 50.5 Å². The minimum Gasteiger partial charge on any atom is -0.418 e. The molecule has 9 aromatic rings. The maximum absolute atomic E-state index is 9.75. The van der Waals surface area contributed by atoms with Crippen LogP contribution in [0.2, 0.25) is 0 Å². The van der Waals surface area contributed by atoms with Gasteiger partial charge in [-0.3, -0.25) is 0 Å². The van der Waals surface area contributed by atoms with Crippen molar-refractivity contribution < 1.29 is 87.3 Å². The first-order chi connectivity index (χ1) is 34.5. The molecule has 0 saturated heterocycles. The molecule has 4 aromatic heterocycles. The average Bonchev–Trinajstić information content (AvgIpc) is 3.60. The van der Waals surface area contributed by atoms with E-state index in [1.165, 1.54) is 71.5 Å². The Kier molecular flexibility index (Phi) is 18.0. The Morgan fingerprint density at radius 1 is 0.347 bits per heavy atom. The van der Waals surface area contributed by atoms with Crippen LogP contribution in [0.25, 0.3) is 83.0 Å². The molecule has 0 bridgehead atoms. The van der Waals surface area contributed by atoms with Gasteiger partial charge in [-0.05, 0) is 104 Å². The number of imidazole rings is 1. The van der Waals surface area contributed by atoms with Crippen LogP contribution in [0.4, 0.5) is 69.1 Å². The van der Waals surface area contributed by atoms with Crippen molar-refractivity contribution >= 4 is 61.6 Å². The van der Waals surface area contributed by atoms with Gasteiger partial charge >= 0.3 is 29.0 Å². The maximum Gasteiger partial charge on any atom is 0.673 e. The number of halogens is 16. The number of rotatable bonds is 5. The molecule has 0 aliphatic heterocycles. The van der Waals surface area contributed by atoms with Gasteiger partial charge in [0.1, 0.15) is 26.8 Å². The molecule has 25 heteroatoms. The average molecular weight is 1070 g/mol. The predicted octanol–water partition coefficient (Wildman–Crippen LogP) is 14.4. The third-order valence-electron chi connectivity index (χ3n) is 11.2. The second-order valence-corrected chi connectivity index (χ2v) is 18.0. The van der Waals surface area contributed by atoms with Crippen molar-refractivity contribution in [2.24, 2.45) is 28.2 Å². The van der Waals surface area contributed by atoms with Crippen molar-refractivity contribution in [2.75, 3.05) is 0 Å². The number of fused-ring (bicyclic) bond motifs is 6. The lowest BCUT2D eigenvalue weighted by Crippen LogP contribution is -2.30. The number of aromatic nitrogens is 5. The molecule has 0 N–H and O–H groups in total. The van der Waals surface area contributed by atoms with Crippen molar-refractivity contribution in [1.82, 2.24) is 4.57 Å². The van der Waals surface area contributed by atoms with E-state index < -0.39 is 29.0 Å². The van der Waals surface area contributed by atoms with Crippen LogP contribution in [-0.2, 0) is 33.6 Å². The van der Waals surface area contributed by atoms with Crippen LogP contribution in [0.5, 0.6) is 0 Å². The van der Waals surface area contributed by atoms with Crippen molar-refractivity contribution in [3.05, 3.63) is 164 Å². The quantitative estimate of drug-likeness (QED) is 0.0709. The number of pyridine rings is 3. The zero-order chi connectivity index (χ0) is 56.0. The molecule has 0 spiro atoms. The van der Waals surface area contributed by atoms with E-state index in [4.69, 9.17) is 0 Å². The zero-order valence-corrected chi connectivity index (χ0v) is 41.1. The zero-order valence-electron chi connectivity index (χ0n) is 41.1. The Morgan fingerprint density at radius 2 is 0.640 bits per heavy atom. The Labute approximate surface area is 421 Å². The van der Waals surface area contributed by atoms with Crippen molar-refractivity contribution in [1.29, 1.82) is 0 Å². The van der Waals surface area contributed by atoms with E-state index >= 15 is 0 Å². The monoisotopic (exact) mass is 1070 g/mol. The largest absolute Gasteiger partial charge is 0.673 e. The smallest absolute Gasteiger partial charge is 0.418 e. The fourth-order valence-corrected chi connectivity index (χ4v) is 8.07. The highest BCUT2D eigenvalue weighted by atomic mass is 19.5. The van der Waals surface area contributed by atoms with E-state index in [9.17, 15) is 69.1 Å². The van der Waals surface area contributed by atoms with Gasteiger partial charge in [0.05, 0.1) is 12.6 Å². The molecule has 0 amide bonds. The van der Waals surface area contributed by atoms with Crippen LogP contribution in [0, 0.1) is 0 Å². The lowest BCUT2D eigenvalue weighted by molar-refractivity contribution is -0.671. The number of hydrogen-bond acceptors (Lipinski definition) is 0. The molecular formula is C50H47B4F16N5. The summed E-state index contributed by atoms with van der Waals surface area (Å²) in [5.41, 5.74) is 13.3. The lowest BCUT2D eigenvalue weighted by Gasteiger charge is -2.19. The normalized spacial score (nSPS) is 11.9. The van der Waals surface area contributed by atoms with Crippen LogP contribution in [0.3, 0.4) is 0 Å². The minimum atomic E-state index is -6.00. The molecule has 5 nitrogen and oxygen atoms in total.